The van der Waals surface area contributed by atoms with Gasteiger partial charge in [-0.2, -0.15) is 0 Å². The summed E-state index contributed by atoms with van der Waals surface area (Å²) in [4.78, 5) is 11.1. The molecule has 28 heavy (non-hydrogen) atoms. The summed E-state index contributed by atoms with van der Waals surface area (Å²) in [7, 11) is 0. The number of rotatable bonds is 4. The van der Waals surface area contributed by atoms with Gasteiger partial charge in [-0.25, -0.2) is 0 Å². The predicted octanol–water partition coefficient (Wildman–Crippen LogP) is 4.48. The summed E-state index contributed by atoms with van der Waals surface area (Å²) in [6.45, 7) is 6.99. The van der Waals surface area contributed by atoms with E-state index in [1.807, 2.05) is 0 Å². The molecule has 0 amide bonds. The maximum absolute atomic E-state index is 11.5. The van der Waals surface area contributed by atoms with Gasteiger partial charge in [0.15, 0.2) is 0 Å². The van der Waals surface area contributed by atoms with Crippen LogP contribution in [0.15, 0.2) is 0 Å². The van der Waals surface area contributed by atoms with Crippen LogP contribution in [0.2, 0.25) is 0 Å². The molecule has 0 unspecified atom stereocenters. The van der Waals surface area contributed by atoms with E-state index in [-0.39, 0.29) is 29.5 Å². The predicted molar refractivity (Wildman–Crippen MR) is 109 cm³/mol. The maximum Gasteiger partial charge on any atom is 0.303 e. The molecule has 4 rings (SSSR count). The average molecular weight is 393 g/mol. The molecule has 0 bridgehead atoms. The molecule has 0 saturated heterocycles. The summed E-state index contributed by atoms with van der Waals surface area (Å²) < 4.78 is 0. The van der Waals surface area contributed by atoms with E-state index in [4.69, 9.17) is 5.11 Å². The molecule has 3 N–H and O–H groups in total. The van der Waals surface area contributed by atoms with Gasteiger partial charge in [0.25, 0.3) is 0 Å². The van der Waals surface area contributed by atoms with Gasteiger partial charge in [0, 0.05) is 6.42 Å². The van der Waals surface area contributed by atoms with Crippen LogP contribution in [0.3, 0.4) is 0 Å². The SMILES string of the molecule is C[C@H](CCC(=O)O)[C@H]1CC[C@H]2[C@@H]3CC[C@H]4C[C@@H](O)CC[C@]4(C)[C@H]3C[C@@H](O)[C@]12C. The monoisotopic (exact) mass is 392 g/mol. The van der Waals surface area contributed by atoms with Crippen molar-refractivity contribution in [3.05, 3.63) is 0 Å². The molecule has 160 valence electrons. The molecule has 0 aromatic carbocycles. The van der Waals surface area contributed by atoms with Crippen LogP contribution >= 0.6 is 0 Å². The fourth-order valence-electron chi connectivity index (χ4n) is 8.71. The zero-order valence-corrected chi connectivity index (χ0v) is 17.9. The maximum atomic E-state index is 11.5. The second-order valence-corrected chi connectivity index (χ2v) is 11.3. The molecule has 4 nitrogen and oxygen atoms in total. The Hall–Kier alpha value is -0.610. The van der Waals surface area contributed by atoms with Crippen molar-refractivity contribution in [1.82, 2.24) is 0 Å². The Balaban J connectivity index is 1.56. The Morgan fingerprint density at radius 1 is 1.04 bits per heavy atom. The normalized spacial score (nSPS) is 51.7. The van der Waals surface area contributed by atoms with E-state index in [1.54, 1.807) is 0 Å². The Morgan fingerprint density at radius 2 is 1.79 bits per heavy atom. The number of aliphatic hydroxyl groups is 2. The quantitative estimate of drug-likeness (QED) is 0.659. The molecule has 4 saturated carbocycles. The molecule has 4 aliphatic carbocycles. The average Bonchev–Trinajstić information content (AvgIpc) is 3.00. The Bertz CT molecular complexity index is 605. The minimum Gasteiger partial charge on any atom is -0.481 e. The van der Waals surface area contributed by atoms with E-state index < -0.39 is 5.97 Å². The van der Waals surface area contributed by atoms with Crippen LogP contribution in [0.4, 0.5) is 0 Å². The van der Waals surface area contributed by atoms with Crippen molar-refractivity contribution in [2.24, 2.45) is 46.3 Å². The molecule has 0 aromatic rings. The number of carbonyl (C=O) groups is 1. The fourth-order valence-corrected chi connectivity index (χ4v) is 8.71. The van der Waals surface area contributed by atoms with Gasteiger partial charge in [0.1, 0.15) is 0 Å². The molecular weight excluding hydrogens is 352 g/mol. The Morgan fingerprint density at radius 3 is 2.50 bits per heavy atom. The lowest BCUT2D eigenvalue weighted by Crippen LogP contribution is -2.58. The summed E-state index contributed by atoms with van der Waals surface area (Å²) in [5, 5.41) is 30.8. The highest BCUT2D eigenvalue weighted by molar-refractivity contribution is 5.66. The zero-order valence-electron chi connectivity index (χ0n) is 17.9. The van der Waals surface area contributed by atoms with E-state index in [0.29, 0.717) is 35.5 Å². The lowest BCUT2D eigenvalue weighted by Gasteiger charge is -2.62. The van der Waals surface area contributed by atoms with Crippen LogP contribution in [0.25, 0.3) is 0 Å². The summed E-state index contributed by atoms with van der Waals surface area (Å²) >= 11 is 0. The number of hydrogen-bond acceptors (Lipinski definition) is 3. The van der Waals surface area contributed by atoms with E-state index in [0.717, 1.165) is 38.5 Å². The van der Waals surface area contributed by atoms with Gasteiger partial charge in [-0.1, -0.05) is 20.8 Å². The third-order valence-electron chi connectivity index (χ3n) is 10.3. The van der Waals surface area contributed by atoms with Gasteiger partial charge >= 0.3 is 5.97 Å². The van der Waals surface area contributed by atoms with Crippen LogP contribution in [0.1, 0.15) is 85.0 Å². The van der Waals surface area contributed by atoms with Crippen molar-refractivity contribution < 1.29 is 20.1 Å². The molecule has 4 aliphatic rings. The van der Waals surface area contributed by atoms with E-state index in [1.165, 1.54) is 19.3 Å². The number of aliphatic hydroxyl groups excluding tert-OH is 2. The fraction of sp³-hybridized carbons (Fsp3) is 0.958. The lowest BCUT2D eigenvalue weighted by molar-refractivity contribution is -0.175. The summed E-state index contributed by atoms with van der Waals surface area (Å²) in [6, 6.07) is 0. The van der Waals surface area contributed by atoms with Crippen molar-refractivity contribution in [3.8, 4) is 0 Å². The van der Waals surface area contributed by atoms with E-state index >= 15 is 0 Å². The second-order valence-electron chi connectivity index (χ2n) is 11.3. The van der Waals surface area contributed by atoms with Crippen molar-refractivity contribution in [2.45, 2.75) is 97.2 Å². The smallest absolute Gasteiger partial charge is 0.303 e. The minimum atomic E-state index is -0.707. The molecule has 4 heteroatoms. The van der Waals surface area contributed by atoms with Gasteiger partial charge in [0.2, 0.25) is 0 Å². The highest BCUT2D eigenvalue weighted by Gasteiger charge is 2.63. The zero-order chi connectivity index (χ0) is 20.3. The van der Waals surface area contributed by atoms with Crippen LogP contribution < -0.4 is 0 Å². The number of carboxylic acids is 1. The molecule has 0 aromatic heterocycles. The van der Waals surface area contributed by atoms with E-state index in [2.05, 4.69) is 20.8 Å². The van der Waals surface area contributed by atoms with Gasteiger partial charge in [0.05, 0.1) is 12.2 Å². The highest BCUT2D eigenvalue weighted by Crippen LogP contribution is 2.68. The van der Waals surface area contributed by atoms with Crippen LogP contribution in [-0.2, 0) is 4.79 Å². The first kappa shape index (κ1) is 20.7. The number of aliphatic carboxylic acids is 1. The van der Waals surface area contributed by atoms with Crippen molar-refractivity contribution in [2.75, 3.05) is 0 Å². The Kier molecular flexibility index (Phi) is 5.36. The van der Waals surface area contributed by atoms with Crippen molar-refractivity contribution in [3.63, 3.8) is 0 Å². The first-order valence-corrected chi connectivity index (χ1v) is 11.8. The first-order valence-electron chi connectivity index (χ1n) is 11.8. The van der Waals surface area contributed by atoms with Crippen LogP contribution in [0.5, 0.6) is 0 Å². The standard InChI is InChI=1S/C24H40O4/c1-14(4-9-22(27)28)18-7-8-19-17-6-5-15-12-16(25)10-11-23(15,2)20(17)13-21(26)24(18,19)3/h14-21,25-26H,4-13H2,1-3H3,(H,27,28)/t14-,15+,16+,17+,18-,19+,20+,21-,23+,24-/m1/s1. The summed E-state index contributed by atoms with van der Waals surface area (Å²) in [6.07, 6.45) is 9.26. The van der Waals surface area contributed by atoms with E-state index in [9.17, 15) is 15.0 Å². The summed E-state index contributed by atoms with van der Waals surface area (Å²) in [5.74, 6) is 2.55. The third kappa shape index (κ3) is 3.05. The minimum absolute atomic E-state index is 0.0591. The molecule has 0 heterocycles. The van der Waals surface area contributed by atoms with Gasteiger partial charge in [-0.15, -0.1) is 0 Å². The van der Waals surface area contributed by atoms with Gasteiger partial charge < -0.3 is 15.3 Å². The Labute approximate surface area is 170 Å². The molecule has 0 aliphatic heterocycles. The number of fused-ring (bicyclic) bond motifs is 5. The van der Waals surface area contributed by atoms with Crippen LogP contribution in [-0.4, -0.2) is 33.5 Å². The van der Waals surface area contributed by atoms with Gasteiger partial charge in [-0.3, -0.25) is 4.79 Å². The number of hydrogen-bond donors (Lipinski definition) is 3. The third-order valence-corrected chi connectivity index (χ3v) is 10.3. The largest absolute Gasteiger partial charge is 0.481 e. The molecule has 4 fully saturated rings. The second kappa shape index (κ2) is 7.27. The molecule has 10 atom stereocenters. The molecule has 0 spiro atoms. The van der Waals surface area contributed by atoms with Gasteiger partial charge in [-0.05, 0) is 104 Å². The topological polar surface area (TPSA) is 77.8 Å². The molecule has 0 radical (unpaired) electrons. The molecular formula is C24H40O4. The van der Waals surface area contributed by atoms with Crippen molar-refractivity contribution in [1.29, 1.82) is 0 Å². The number of carboxylic acid groups (broad SMARTS) is 1. The highest BCUT2D eigenvalue weighted by atomic mass is 16.4. The first-order chi connectivity index (χ1) is 13.2. The van der Waals surface area contributed by atoms with Crippen molar-refractivity contribution >= 4 is 5.97 Å². The van der Waals surface area contributed by atoms with Crippen LogP contribution in [0, 0.1) is 46.3 Å². The lowest BCUT2D eigenvalue weighted by atomic mass is 9.43. The summed E-state index contributed by atoms with van der Waals surface area (Å²) in [5.41, 5.74) is 0.216.